The smallest absolute Gasteiger partial charge is 0.259 e. The summed E-state index contributed by atoms with van der Waals surface area (Å²) in [6.45, 7) is 0. The lowest BCUT2D eigenvalue weighted by Gasteiger charge is -2.12. The molecule has 0 saturated heterocycles. The van der Waals surface area contributed by atoms with Gasteiger partial charge in [-0.3, -0.25) is 9.59 Å². The topological polar surface area (TPSA) is 91.1 Å². The second-order valence-electron chi connectivity index (χ2n) is 8.55. The molecule has 0 fully saturated rings. The van der Waals surface area contributed by atoms with Crippen LogP contribution in [0, 0.1) is 0 Å². The summed E-state index contributed by atoms with van der Waals surface area (Å²) in [7, 11) is 0. The van der Waals surface area contributed by atoms with Gasteiger partial charge >= 0.3 is 0 Å². The number of hydrogen-bond acceptors (Lipinski definition) is 5. The Hall–Kier alpha value is -4.81. The van der Waals surface area contributed by atoms with Gasteiger partial charge in [-0.15, -0.1) is 10.2 Å². The third-order valence-corrected chi connectivity index (χ3v) is 6.68. The lowest BCUT2D eigenvalue weighted by atomic mass is 10.0. The molecule has 0 aliphatic heterocycles. The number of rotatable bonds is 4. The summed E-state index contributed by atoms with van der Waals surface area (Å²) in [6, 6.07) is 28.5. The van der Waals surface area contributed by atoms with Crippen LogP contribution in [0.5, 0.6) is 5.75 Å². The van der Waals surface area contributed by atoms with Crippen molar-refractivity contribution in [2.45, 2.75) is 0 Å². The van der Waals surface area contributed by atoms with Gasteiger partial charge in [0.1, 0.15) is 5.69 Å². The second kappa shape index (κ2) is 9.00. The number of anilines is 1. The van der Waals surface area contributed by atoms with Crippen molar-refractivity contribution < 1.29 is 14.7 Å². The van der Waals surface area contributed by atoms with Crippen LogP contribution in [-0.2, 0) is 0 Å². The predicted molar refractivity (Wildman–Crippen MR) is 145 cm³/mol. The van der Waals surface area contributed by atoms with Gasteiger partial charge in [-0.25, -0.2) is 0 Å². The van der Waals surface area contributed by atoms with Crippen molar-refractivity contribution in [1.82, 2.24) is 0 Å². The highest BCUT2D eigenvalue weighted by Gasteiger charge is 2.29. The largest absolute Gasteiger partial charge is 0.505 e. The molecule has 1 amide bonds. The van der Waals surface area contributed by atoms with Crippen LogP contribution in [0.1, 0.15) is 26.3 Å². The molecule has 0 radical (unpaired) electrons. The molecule has 5 aromatic carbocycles. The number of benzene rings is 5. The summed E-state index contributed by atoms with van der Waals surface area (Å²) in [5.74, 6) is -0.990. The highest BCUT2D eigenvalue weighted by Crippen LogP contribution is 2.43. The molecule has 178 valence electrons. The fourth-order valence-electron chi connectivity index (χ4n) is 4.59. The first-order valence-electron chi connectivity index (χ1n) is 11.5. The van der Waals surface area contributed by atoms with Crippen LogP contribution >= 0.6 is 11.6 Å². The van der Waals surface area contributed by atoms with Gasteiger partial charge in [0.15, 0.2) is 11.5 Å². The van der Waals surface area contributed by atoms with Gasteiger partial charge in [-0.2, -0.15) is 0 Å². The molecule has 7 heteroatoms. The van der Waals surface area contributed by atoms with Crippen molar-refractivity contribution in [3.05, 3.63) is 119 Å². The second-order valence-corrected chi connectivity index (χ2v) is 8.96. The molecule has 0 saturated carbocycles. The predicted octanol–water partition coefficient (Wildman–Crippen LogP) is 8.08. The monoisotopic (exact) mass is 503 g/mol. The summed E-state index contributed by atoms with van der Waals surface area (Å²) in [6.07, 6.45) is 0. The van der Waals surface area contributed by atoms with Gasteiger partial charge in [0.05, 0.1) is 27.5 Å². The Morgan fingerprint density at radius 2 is 1.49 bits per heavy atom. The van der Waals surface area contributed by atoms with E-state index in [4.69, 9.17) is 11.6 Å². The Labute approximate surface area is 216 Å². The van der Waals surface area contributed by atoms with Crippen molar-refractivity contribution in [2.75, 3.05) is 5.32 Å². The number of nitrogens with one attached hydrogen (secondary N) is 1. The van der Waals surface area contributed by atoms with E-state index in [1.165, 1.54) is 0 Å². The summed E-state index contributed by atoms with van der Waals surface area (Å²) in [4.78, 5) is 26.3. The minimum absolute atomic E-state index is 0.0225. The number of para-hydroxylation sites is 1. The van der Waals surface area contributed by atoms with Crippen LogP contribution in [0.15, 0.2) is 107 Å². The molecule has 0 heterocycles. The minimum atomic E-state index is -0.543. The number of azo groups is 1. The maximum atomic E-state index is 13.1. The van der Waals surface area contributed by atoms with Crippen molar-refractivity contribution in [3.8, 4) is 16.9 Å². The summed E-state index contributed by atoms with van der Waals surface area (Å²) in [5.41, 5.74) is 3.67. The van der Waals surface area contributed by atoms with Gasteiger partial charge in [-0.1, -0.05) is 84.4 Å². The van der Waals surface area contributed by atoms with E-state index in [9.17, 15) is 14.7 Å². The minimum Gasteiger partial charge on any atom is -0.505 e. The van der Waals surface area contributed by atoms with Crippen LogP contribution < -0.4 is 5.32 Å². The number of amides is 1. The Bertz CT molecular complexity index is 1780. The SMILES string of the molecule is O=C(Nc1ccccc1Cl)c1cc2ccccc2c(N=Nc2cccc3c2C(=O)c2ccccc2-3)c1O. The third-order valence-electron chi connectivity index (χ3n) is 6.35. The first kappa shape index (κ1) is 22.6. The molecular weight excluding hydrogens is 486 g/mol. The van der Waals surface area contributed by atoms with Gasteiger partial charge < -0.3 is 10.4 Å². The number of nitrogens with zero attached hydrogens (tertiary/aromatic N) is 2. The van der Waals surface area contributed by atoms with Crippen LogP contribution in [0.4, 0.5) is 17.1 Å². The average Bonchev–Trinajstić information content (AvgIpc) is 3.22. The molecule has 37 heavy (non-hydrogen) atoms. The Balaban J connectivity index is 1.45. The maximum Gasteiger partial charge on any atom is 0.259 e. The normalized spacial score (nSPS) is 12.1. The Kier molecular flexibility index (Phi) is 5.51. The van der Waals surface area contributed by atoms with E-state index in [-0.39, 0.29) is 22.8 Å². The molecule has 6 nitrogen and oxygen atoms in total. The highest BCUT2D eigenvalue weighted by atomic mass is 35.5. The van der Waals surface area contributed by atoms with E-state index >= 15 is 0 Å². The quantitative estimate of drug-likeness (QED) is 0.238. The summed E-state index contributed by atoms with van der Waals surface area (Å²) >= 11 is 6.19. The van der Waals surface area contributed by atoms with Crippen molar-refractivity contribution in [2.24, 2.45) is 10.2 Å². The van der Waals surface area contributed by atoms with E-state index in [0.717, 1.165) is 11.1 Å². The standard InChI is InChI=1S/C30H18ClN3O3/c31-23-13-5-6-14-24(23)32-30(37)22-16-17-8-1-2-9-18(17)27(29(22)36)34-33-25-15-7-12-20-19-10-3-4-11-21(19)28(35)26(20)25/h1-16,36H,(H,32,37). The molecule has 1 aliphatic rings. The van der Waals surface area contributed by atoms with E-state index in [1.807, 2.05) is 48.5 Å². The number of aromatic hydroxyl groups is 1. The number of phenolic OH excluding ortho intramolecular Hbond substituents is 1. The van der Waals surface area contributed by atoms with Crippen LogP contribution in [0.2, 0.25) is 5.02 Å². The molecule has 5 aromatic rings. The van der Waals surface area contributed by atoms with Crippen LogP contribution in [0.25, 0.3) is 21.9 Å². The molecule has 2 N–H and O–H groups in total. The van der Waals surface area contributed by atoms with Crippen molar-refractivity contribution in [3.63, 3.8) is 0 Å². The van der Waals surface area contributed by atoms with E-state index < -0.39 is 5.91 Å². The number of fused-ring (bicyclic) bond motifs is 4. The molecule has 0 aromatic heterocycles. The number of ketones is 1. The fraction of sp³-hybridized carbons (Fsp3) is 0. The zero-order valence-electron chi connectivity index (χ0n) is 19.3. The summed E-state index contributed by atoms with van der Waals surface area (Å²) in [5, 5.41) is 24.3. The Morgan fingerprint density at radius 3 is 2.32 bits per heavy atom. The first-order valence-corrected chi connectivity index (χ1v) is 11.9. The Morgan fingerprint density at radius 1 is 0.784 bits per heavy atom. The maximum absolute atomic E-state index is 13.1. The van der Waals surface area contributed by atoms with Gasteiger partial charge in [0, 0.05) is 10.9 Å². The highest BCUT2D eigenvalue weighted by molar-refractivity contribution is 6.34. The van der Waals surface area contributed by atoms with Crippen molar-refractivity contribution in [1.29, 1.82) is 0 Å². The molecule has 0 atom stereocenters. The van der Waals surface area contributed by atoms with Crippen LogP contribution in [-0.4, -0.2) is 16.8 Å². The number of carbonyl (C=O) groups is 2. The van der Waals surface area contributed by atoms with Crippen molar-refractivity contribution >= 4 is 51.1 Å². The van der Waals surface area contributed by atoms with Gasteiger partial charge in [0.2, 0.25) is 0 Å². The van der Waals surface area contributed by atoms with Gasteiger partial charge in [0.25, 0.3) is 5.91 Å². The zero-order chi connectivity index (χ0) is 25.5. The molecule has 0 bridgehead atoms. The molecule has 0 spiro atoms. The van der Waals surface area contributed by atoms with E-state index in [1.54, 1.807) is 48.5 Å². The zero-order valence-corrected chi connectivity index (χ0v) is 20.0. The number of hydrogen-bond donors (Lipinski definition) is 2. The molecule has 1 aliphatic carbocycles. The third kappa shape index (κ3) is 3.84. The molecule has 0 unspecified atom stereocenters. The lowest BCUT2D eigenvalue weighted by Crippen LogP contribution is -2.12. The summed E-state index contributed by atoms with van der Waals surface area (Å²) < 4.78 is 0. The number of phenols is 1. The van der Waals surface area contributed by atoms with E-state index in [0.29, 0.717) is 38.3 Å². The van der Waals surface area contributed by atoms with Gasteiger partial charge in [-0.05, 0) is 40.8 Å². The first-order chi connectivity index (χ1) is 18.0. The fourth-order valence-corrected chi connectivity index (χ4v) is 4.77. The number of halogens is 1. The van der Waals surface area contributed by atoms with Crippen LogP contribution in [0.3, 0.4) is 0 Å². The lowest BCUT2D eigenvalue weighted by molar-refractivity contribution is 0.102. The van der Waals surface area contributed by atoms with E-state index in [2.05, 4.69) is 15.5 Å². The number of carbonyl (C=O) groups excluding carboxylic acids is 2. The molecule has 6 rings (SSSR count). The molecular formula is C30H18ClN3O3. The average molecular weight is 504 g/mol.